The van der Waals surface area contributed by atoms with E-state index in [1.807, 2.05) is 13.8 Å². The van der Waals surface area contributed by atoms with Crippen LogP contribution in [0.15, 0.2) is 23.1 Å². The minimum Gasteiger partial charge on any atom is -0.492 e. The Hall–Kier alpha value is -2.33. The van der Waals surface area contributed by atoms with Gasteiger partial charge in [0.05, 0.1) is 12.5 Å². The topological polar surface area (TPSA) is 99.3 Å². The van der Waals surface area contributed by atoms with Crippen LogP contribution in [0.25, 0.3) is 0 Å². The molecule has 0 saturated carbocycles. The maximum absolute atomic E-state index is 13.2. The molecule has 2 heterocycles. The van der Waals surface area contributed by atoms with E-state index in [9.17, 15) is 18.0 Å². The van der Waals surface area contributed by atoms with Crippen LogP contribution in [-0.4, -0.2) is 80.3 Å². The van der Waals surface area contributed by atoms with Crippen molar-refractivity contribution in [1.29, 1.82) is 0 Å². The third-order valence-corrected chi connectivity index (χ3v) is 8.21. The van der Waals surface area contributed by atoms with Gasteiger partial charge in [0.15, 0.2) is 0 Å². The molecule has 0 radical (unpaired) electrons. The van der Waals surface area contributed by atoms with Crippen molar-refractivity contribution < 1.29 is 22.7 Å². The second-order valence-electron chi connectivity index (χ2n) is 8.44. The van der Waals surface area contributed by atoms with Crippen LogP contribution in [0.3, 0.4) is 0 Å². The van der Waals surface area contributed by atoms with Crippen LogP contribution in [0.5, 0.6) is 5.75 Å². The number of nitrogens with one attached hydrogen (secondary N) is 1. The number of urea groups is 1. The fourth-order valence-corrected chi connectivity index (χ4v) is 6.11. The van der Waals surface area contributed by atoms with Gasteiger partial charge < -0.3 is 19.9 Å². The molecule has 2 saturated heterocycles. The largest absolute Gasteiger partial charge is 0.492 e. The molecule has 1 aromatic carbocycles. The highest BCUT2D eigenvalue weighted by atomic mass is 32.2. The highest BCUT2D eigenvalue weighted by Crippen LogP contribution is 2.32. The van der Waals surface area contributed by atoms with Crippen molar-refractivity contribution in [3.63, 3.8) is 0 Å². The number of hydrogen-bond donors (Lipinski definition) is 1. The van der Waals surface area contributed by atoms with E-state index < -0.39 is 10.0 Å². The van der Waals surface area contributed by atoms with Gasteiger partial charge in [0.1, 0.15) is 10.6 Å². The fourth-order valence-electron chi connectivity index (χ4n) is 4.43. The van der Waals surface area contributed by atoms with E-state index in [0.29, 0.717) is 58.0 Å². The first-order chi connectivity index (χ1) is 15.8. The van der Waals surface area contributed by atoms with E-state index in [1.165, 1.54) is 10.4 Å². The van der Waals surface area contributed by atoms with E-state index in [1.54, 1.807) is 28.9 Å². The van der Waals surface area contributed by atoms with Crippen LogP contribution in [0.2, 0.25) is 0 Å². The summed E-state index contributed by atoms with van der Waals surface area (Å²) < 4.78 is 33.4. The number of anilines is 1. The Balaban J connectivity index is 1.76. The number of nitrogens with zero attached hydrogens (tertiary/aromatic N) is 3. The smallest absolute Gasteiger partial charge is 0.320 e. The molecule has 1 aromatic rings. The van der Waals surface area contributed by atoms with E-state index >= 15 is 0 Å². The molecular weight excluding hydrogens is 444 g/mol. The van der Waals surface area contributed by atoms with Crippen LogP contribution in [0, 0.1) is 5.92 Å². The normalized spacial score (nSPS) is 19.4. The number of hydrogen-bond acceptors (Lipinski definition) is 5. The van der Waals surface area contributed by atoms with Gasteiger partial charge in [-0.2, -0.15) is 4.31 Å². The lowest BCUT2D eigenvalue weighted by molar-refractivity contribution is -0.121. The van der Waals surface area contributed by atoms with Crippen molar-refractivity contribution in [2.75, 3.05) is 51.2 Å². The Labute approximate surface area is 197 Å². The minimum atomic E-state index is -3.71. The number of ether oxygens (including phenoxy) is 1. The van der Waals surface area contributed by atoms with Crippen LogP contribution in [0.1, 0.15) is 46.5 Å². The number of rotatable bonds is 8. The van der Waals surface area contributed by atoms with Crippen molar-refractivity contribution in [3.05, 3.63) is 18.2 Å². The summed E-state index contributed by atoms with van der Waals surface area (Å²) in [6, 6.07) is 4.70. The Morgan fingerprint density at radius 1 is 1.09 bits per heavy atom. The van der Waals surface area contributed by atoms with Crippen molar-refractivity contribution >= 4 is 27.6 Å². The Morgan fingerprint density at radius 2 is 1.79 bits per heavy atom. The van der Waals surface area contributed by atoms with E-state index in [4.69, 9.17) is 4.74 Å². The van der Waals surface area contributed by atoms with Gasteiger partial charge in [0.25, 0.3) is 0 Å². The molecule has 10 heteroatoms. The average Bonchev–Trinajstić information content (AvgIpc) is 3.37. The SMILES string of the molecule is CCOc1ccc(NC(=O)[C@H]2CCCN(C(=O)N(CC)CC)C2)cc1S(=O)(=O)N1CCCC1. The second-order valence-corrected chi connectivity index (χ2v) is 10.3. The lowest BCUT2D eigenvalue weighted by Crippen LogP contribution is -2.49. The molecule has 1 atom stereocenters. The van der Waals surface area contributed by atoms with Gasteiger partial charge in [-0.25, -0.2) is 13.2 Å². The molecule has 2 aliphatic heterocycles. The summed E-state index contributed by atoms with van der Waals surface area (Å²) in [5.74, 6) is -0.264. The van der Waals surface area contributed by atoms with Crippen LogP contribution in [0.4, 0.5) is 10.5 Å². The quantitative estimate of drug-likeness (QED) is 0.617. The first-order valence-corrected chi connectivity index (χ1v) is 13.4. The number of likely N-dealkylation sites (tertiary alicyclic amines) is 1. The number of carbonyl (C=O) groups is 2. The molecule has 1 N–H and O–H groups in total. The zero-order chi connectivity index (χ0) is 24.0. The molecule has 0 bridgehead atoms. The molecule has 0 aliphatic carbocycles. The van der Waals surface area contributed by atoms with Gasteiger partial charge in [0.2, 0.25) is 15.9 Å². The van der Waals surface area contributed by atoms with Gasteiger partial charge in [-0.1, -0.05) is 0 Å². The van der Waals surface area contributed by atoms with E-state index in [0.717, 1.165) is 19.3 Å². The number of sulfonamides is 1. The summed E-state index contributed by atoms with van der Waals surface area (Å²) in [4.78, 5) is 29.3. The first-order valence-electron chi connectivity index (χ1n) is 11.9. The van der Waals surface area contributed by atoms with Crippen molar-refractivity contribution in [2.45, 2.75) is 51.3 Å². The van der Waals surface area contributed by atoms with Gasteiger partial charge >= 0.3 is 6.03 Å². The highest BCUT2D eigenvalue weighted by Gasteiger charge is 2.32. The molecule has 184 valence electrons. The fraction of sp³-hybridized carbons (Fsp3) is 0.652. The summed E-state index contributed by atoms with van der Waals surface area (Å²) in [5.41, 5.74) is 0.411. The lowest BCUT2D eigenvalue weighted by atomic mass is 9.97. The standard InChI is InChI=1S/C23H36N4O5S/c1-4-25(5-2)23(29)26-13-9-10-18(17-26)22(28)24-19-11-12-20(32-6-3)21(16-19)33(30,31)27-14-7-8-15-27/h11-12,16,18H,4-10,13-15,17H2,1-3H3,(H,24,28)/t18-/m0/s1. The molecular formula is C23H36N4O5S. The molecule has 2 fully saturated rings. The van der Waals surface area contributed by atoms with Crippen LogP contribution < -0.4 is 10.1 Å². The van der Waals surface area contributed by atoms with Crippen molar-refractivity contribution in [1.82, 2.24) is 14.1 Å². The first kappa shape index (κ1) is 25.3. The van der Waals surface area contributed by atoms with Crippen LogP contribution in [-0.2, 0) is 14.8 Å². The average molecular weight is 481 g/mol. The highest BCUT2D eigenvalue weighted by molar-refractivity contribution is 7.89. The van der Waals surface area contributed by atoms with Gasteiger partial charge in [-0.15, -0.1) is 0 Å². The molecule has 3 rings (SSSR count). The Kier molecular flexibility index (Phi) is 8.58. The van der Waals surface area contributed by atoms with E-state index in [2.05, 4.69) is 5.32 Å². The Morgan fingerprint density at radius 3 is 2.42 bits per heavy atom. The third-order valence-electron chi connectivity index (χ3n) is 6.29. The van der Waals surface area contributed by atoms with Gasteiger partial charge in [-0.05, 0) is 64.7 Å². The van der Waals surface area contributed by atoms with Crippen molar-refractivity contribution in [2.24, 2.45) is 5.92 Å². The summed E-state index contributed by atoms with van der Waals surface area (Å²) in [7, 11) is -3.71. The summed E-state index contributed by atoms with van der Waals surface area (Å²) in [5, 5.41) is 2.87. The maximum Gasteiger partial charge on any atom is 0.320 e. The molecule has 0 unspecified atom stereocenters. The molecule has 3 amide bonds. The van der Waals surface area contributed by atoms with Gasteiger partial charge in [0, 0.05) is 45.0 Å². The third kappa shape index (κ3) is 5.78. The molecule has 0 spiro atoms. The van der Waals surface area contributed by atoms with Crippen molar-refractivity contribution in [3.8, 4) is 5.75 Å². The number of piperidine rings is 1. The zero-order valence-electron chi connectivity index (χ0n) is 19.9. The predicted molar refractivity (Wildman–Crippen MR) is 127 cm³/mol. The van der Waals surface area contributed by atoms with E-state index in [-0.39, 0.29) is 28.5 Å². The summed E-state index contributed by atoms with van der Waals surface area (Å²) in [6.45, 7) is 9.25. The monoisotopic (exact) mass is 480 g/mol. The maximum atomic E-state index is 13.2. The molecule has 33 heavy (non-hydrogen) atoms. The minimum absolute atomic E-state index is 0.0439. The Bertz CT molecular complexity index is 942. The summed E-state index contributed by atoms with van der Waals surface area (Å²) in [6.07, 6.45) is 3.11. The lowest BCUT2D eigenvalue weighted by Gasteiger charge is -2.35. The number of carbonyl (C=O) groups excluding carboxylic acids is 2. The number of benzene rings is 1. The second kappa shape index (κ2) is 11.2. The molecule has 9 nitrogen and oxygen atoms in total. The number of amides is 3. The summed E-state index contributed by atoms with van der Waals surface area (Å²) >= 11 is 0. The zero-order valence-corrected chi connectivity index (χ0v) is 20.7. The molecule has 2 aliphatic rings. The van der Waals surface area contributed by atoms with Crippen LogP contribution >= 0.6 is 0 Å². The predicted octanol–water partition coefficient (Wildman–Crippen LogP) is 2.98. The molecule has 0 aromatic heterocycles. The van der Waals surface area contributed by atoms with Gasteiger partial charge in [-0.3, -0.25) is 4.79 Å².